The molecule has 0 aliphatic heterocycles. The number of ether oxygens (including phenoxy) is 1. The van der Waals surface area contributed by atoms with Crippen molar-refractivity contribution in [3.63, 3.8) is 0 Å². The maximum Gasteiger partial charge on any atom is 0.311 e. The van der Waals surface area contributed by atoms with Gasteiger partial charge in [0.1, 0.15) is 0 Å². The highest BCUT2D eigenvalue weighted by atomic mass is 16.5. The summed E-state index contributed by atoms with van der Waals surface area (Å²) in [6, 6.07) is 0. The fraction of sp³-hybridized carbons (Fsp3) is 0.800. The van der Waals surface area contributed by atoms with Crippen LogP contribution in [-0.2, 0) is 9.53 Å². The van der Waals surface area contributed by atoms with Crippen LogP contribution >= 0.6 is 0 Å². The first-order valence-corrected chi connectivity index (χ1v) is 6.95. The third-order valence-electron chi connectivity index (χ3n) is 6.15. The van der Waals surface area contributed by atoms with Crippen molar-refractivity contribution < 1.29 is 9.53 Å². The van der Waals surface area contributed by atoms with Crippen LogP contribution in [0, 0.1) is 29.1 Å². The van der Waals surface area contributed by atoms with Crippen LogP contribution in [0.3, 0.4) is 0 Å². The Morgan fingerprint density at radius 1 is 1.47 bits per heavy atom. The lowest BCUT2D eigenvalue weighted by Gasteiger charge is -2.39. The second-order valence-electron chi connectivity index (χ2n) is 6.74. The van der Waals surface area contributed by atoms with Crippen LogP contribution < -0.4 is 0 Å². The maximum atomic E-state index is 12.1. The molecule has 0 radical (unpaired) electrons. The number of hydrogen-bond acceptors (Lipinski definition) is 2. The lowest BCUT2D eigenvalue weighted by atomic mass is 9.64. The summed E-state index contributed by atoms with van der Waals surface area (Å²) in [7, 11) is 1.54. The van der Waals surface area contributed by atoms with Gasteiger partial charge in [-0.05, 0) is 62.7 Å². The Morgan fingerprint density at radius 2 is 2.29 bits per heavy atom. The summed E-state index contributed by atoms with van der Waals surface area (Å²) >= 11 is 0. The van der Waals surface area contributed by atoms with Gasteiger partial charge in [0, 0.05) is 0 Å². The van der Waals surface area contributed by atoms with Crippen molar-refractivity contribution in [2.24, 2.45) is 29.1 Å². The summed E-state index contributed by atoms with van der Waals surface area (Å²) in [5.41, 5.74) is 3.39. The van der Waals surface area contributed by atoms with Gasteiger partial charge in [-0.15, -0.1) is 0 Å². The van der Waals surface area contributed by atoms with Crippen molar-refractivity contribution in [1.29, 1.82) is 0 Å². The van der Waals surface area contributed by atoms with Gasteiger partial charge in [0.2, 0.25) is 0 Å². The third kappa shape index (κ3) is 1.01. The zero-order valence-electron chi connectivity index (χ0n) is 10.7. The Morgan fingerprint density at radius 3 is 3.06 bits per heavy atom. The average molecular weight is 232 g/mol. The van der Waals surface area contributed by atoms with Crippen molar-refractivity contribution in [3.05, 3.63) is 11.1 Å². The Kier molecular flexibility index (Phi) is 1.77. The van der Waals surface area contributed by atoms with Gasteiger partial charge >= 0.3 is 5.97 Å². The molecule has 3 fully saturated rings. The average Bonchev–Trinajstić information content (AvgIpc) is 3.03. The van der Waals surface area contributed by atoms with E-state index in [0.717, 1.165) is 24.2 Å². The Bertz CT molecular complexity index is 436. The molecule has 0 N–H and O–H groups in total. The molecular weight excluding hydrogens is 212 g/mol. The molecule has 4 rings (SSSR count). The quantitative estimate of drug-likeness (QED) is 0.513. The predicted octanol–water partition coefficient (Wildman–Crippen LogP) is 2.93. The van der Waals surface area contributed by atoms with E-state index in [4.69, 9.17) is 4.74 Å². The fourth-order valence-electron chi connectivity index (χ4n) is 5.61. The molecule has 2 heteroatoms. The van der Waals surface area contributed by atoms with Crippen LogP contribution in [0.15, 0.2) is 11.1 Å². The zero-order chi connectivity index (χ0) is 11.8. The standard InChI is InChI=1S/C15H20O2/c1-15(14(16)17-2)7-10-6-11(15)13-9-4-3-8(5-9)12(10)13/h9-11,13H,3-7H2,1-2H3. The van der Waals surface area contributed by atoms with Crippen LogP contribution in [0.25, 0.3) is 0 Å². The monoisotopic (exact) mass is 232 g/mol. The molecule has 4 aliphatic carbocycles. The molecule has 3 saturated carbocycles. The van der Waals surface area contributed by atoms with Gasteiger partial charge < -0.3 is 4.74 Å². The Labute approximate surface area is 102 Å². The minimum Gasteiger partial charge on any atom is -0.469 e. The smallest absolute Gasteiger partial charge is 0.311 e. The topological polar surface area (TPSA) is 26.3 Å². The zero-order valence-corrected chi connectivity index (χ0v) is 10.7. The van der Waals surface area contributed by atoms with Crippen molar-refractivity contribution >= 4 is 5.97 Å². The van der Waals surface area contributed by atoms with Crippen molar-refractivity contribution in [3.8, 4) is 0 Å². The van der Waals surface area contributed by atoms with Crippen LogP contribution in [0.1, 0.15) is 39.0 Å². The first-order valence-electron chi connectivity index (χ1n) is 6.95. The van der Waals surface area contributed by atoms with Gasteiger partial charge in [-0.1, -0.05) is 11.1 Å². The van der Waals surface area contributed by atoms with Gasteiger partial charge in [0.15, 0.2) is 0 Å². The number of carbonyl (C=O) groups is 1. The van der Waals surface area contributed by atoms with E-state index in [-0.39, 0.29) is 11.4 Å². The molecule has 5 unspecified atom stereocenters. The molecule has 2 nitrogen and oxygen atoms in total. The minimum atomic E-state index is -0.182. The van der Waals surface area contributed by atoms with Crippen molar-refractivity contribution in [2.75, 3.05) is 7.11 Å². The molecule has 4 aliphatic rings. The molecule has 17 heavy (non-hydrogen) atoms. The SMILES string of the molecule is COC(=O)C1(C)CC2CC1C1C2=C2CCC1C2. The molecule has 0 saturated heterocycles. The number of rotatable bonds is 1. The third-order valence-corrected chi connectivity index (χ3v) is 6.15. The molecule has 0 aromatic heterocycles. The summed E-state index contributed by atoms with van der Waals surface area (Å²) in [5, 5.41) is 0. The molecule has 0 aromatic carbocycles. The van der Waals surface area contributed by atoms with Gasteiger partial charge in [-0.25, -0.2) is 0 Å². The second-order valence-corrected chi connectivity index (χ2v) is 6.74. The fourth-order valence-corrected chi connectivity index (χ4v) is 5.61. The summed E-state index contributed by atoms with van der Waals surface area (Å²) in [6.07, 6.45) is 6.39. The van der Waals surface area contributed by atoms with Crippen LogP contribution in [0.5, 0.6) is 0 Å². The van der Waals surface area contributed by atoms with Crippen molar-refractivity contribution in [1.82, 2.24) is 0 Å². The highest BCUT2D eigenvalue weighted by Crippen LogP contribution is 2.69. The van der Waals surface area contributed by atoms with Crippen molar-refractivity contribution in [2.45, 2.75) is 39.0 Å². The molecule has 92 valence electrons. The highest BCUT2D eigenvalue weighted by Gasteiger charge is 2.63. The van der Waals surface area contributed by atoms with E-state index in [9.17, 15) is 4.79 Å². The van der Waals surface area contributed by atoms with Crippen LogP contribution in [0.2, 0.25) is 0 Å². The van der Waals surface area contributed by atoms with E-state index in [1.807, 2.05) is 0 Å². The van der Waals surface area contributed by atoms with Gasteiger partial charge in [0.05, 0.1) is 12.5 Å². The normalized spacial score (nSPS) is 50.0. The van der Waals surface area contributed by atoms with Crippen LogP contribution in [0.4, 0.5) is 0 Å². The van der Waals surface area contributed by atoms with Crippen LogP contribution in [-0.4, -0.2) is 13.1 Å². The Hall–Kier alpha value is -0.790. The number of methoxy groups -OCH3 is 1. The molecule has 0 spiro atoms. The number of allylic oxidation sites excluding steroid dienone is 2. The lowest BCUT2D eigenvalue weighted by molar-refractivity contribution is -0.155. The predicted molar refractivity (Wildman–Crippen MR) is 64.2 cm³/mol. The summed E-state index contributed by atoms with van der Waals surface area (Å²) in [4.78, 5) is 12.1. The largest absolute Gasteiger partial charge is 0.469 e. The first kappa shape index (κ1) is 10.2. The lowest BCUT2D eigenvalue weighted by Crippen LogP contribution is -2.40. The van der Waals surface area contributed by atoms with E-state index < -0.39 is 0 Å². The van der Waals surface area contributed by atoms with Gasteiger partial charge in [-0.2, -0.15) is 0 Å². The summed E-state index contributed by atoms with van der Waals surface area (Å²) in [6.45, 7) is 2.15. The second kappa shape index (κ2) is 2.96. The Balaban J connectivity index is 1.75. The highest BCUT2D eigenvalue weighted by molar-refractivity contribution is 5.78. The van der Waals surface area contributed by atoms with E-state index >= 15 is 0 Å². The molecule has 5 atom stereocenters. The van der Waals surface area contributed by atoms with Gasteiger partial charge in [0.25, 0.3) is 0 Å². The van der Waals surface area contributed by atoms with E-state index in [1.165, 1.54) is 25.7 Å². The summed E-state index contributed by atoms with van der Waals surface area (Å²) in [5.74, 6) is 2.96. The first-order chi connectivity index (χ1) is 8.15. The molecule has 4 bridgehead atoms. The van der Waals surface area contributed by atoms with E-state index in [0.29, 0.717) is 5.92 Å². The van der Waals surface area contributed by atoms with E-state index in [2.05, 4.69) is 6.92 Å². The number of fused-ring (bicyclic) bond motifs is 8. The molecular formula is C15H20O2. The molecule has 0 aromatic rings. The number of carbonyl (C=O) groups excluding carboxylic acids is 1. The molecule has 0 heterocycles. The number of esters is 1. The molecule has 0 amide bonds. The maximum absolute atomic E-state index is 12.1. The number of hydrogen-bond donors (Lipinski definition) is 0. The summed E-state index contributed by atoms with van der Waals surface area (Å²) < 4.78 is 5.06. The van der Waals surface area contributed by atoms with E-state index in [1.54, 1.807) is 18.3 Å². The minimum absolute atomic E-state index is 0.0387. The van der Waals surface area contributed by atoms with Gasteiger partial charge in [-0.3, -0.25) is 4.79 Å².